The fourth-order valence-corrected chi connectivity index (χ4v) is 6.50. The molecular weight excluding hydrogens is 454 g/mol. The second kappa shape index (κ2) is 9.54. The quantitative estimate of drug-likeness (QED) is 0.454. The van der Waals surface area contributed by atoms with Gasteiger partial charge in [0.1, 0.15) is 22.3 Å². The summed E-state index contributed by atoms with van der Waals surface area (Å²) in [6.07, 6.45) is 1.44. The fraction of sp³-hybridized carbons (Fsp3) is 0.348. The molecular formula is C23H24F2N2O3S2. The Bertz CT molecular complexity index is 1170. The molecule has 2 heterocycles. The number of benzene rings is 2. The van der Waals surface area contributed by atoms with E-state index in [1.807, 2.05) is 36.6 Å². The third kappa shape index (κ3) is 4.94. The Hall–Kier alpha value is -2.52. The standard InChI is InChI=1S/C23H24F2N2O3S2/c1-2-30-19-6-3-16(4-7-19)13-18-15-31-23(26-18)27-11-9-20(10-12-27)32(28,29)22-8-5-17(24)14-21(22)25/h3-8,14-15,20H,2,9-13H2,1H3. The Morgan fingerprint density at radius 1 is 1.12 bits per heavy atom. The van der Waals surface area contributed by atoms with Crippen LogP contribution in [-0.4, -0.2) is 38.3 Å². The van der Waals surface area contributed by atoms with Crippen molar-refractivity contribution in [3.63, 3.8) is 0 Å². The summed E-state index contributed by atoms with van der Waals surface area (Å²) in [6.45, 7) is 3.61. The van der Waals surface area contributed by atoms with Gasteiger partial charge in [-0.2, -0.15) is 0 Å². The molecule has 1 aliphatic heterocycles. The van der Waals surface area contributed by atoms with E-state index in [-0.39, 0.29) is 0 Å². The average Bonchev–Trinajstić information content (AvgIpc) is 3.24. The van der Waals surface area contributed by atoms with Crippen molar-refractivity contribution in [1.29, 1.82) is 0 Å². The zero-order valence-corrected chi connectivity index (χ0v) is 19.3. The lowest BCUT2D eigenvalue weighted by molar-refractivity contribution is 0.340. The van der Waals surface area contributed by atoms with Gasteiger partial charge in [-0.3, -0.25) is 0 Å². The van der Waals surface area contributed by atoms with Crippen LogP contribution in [0.15, 0.2) is 52.7 Å². The summed E-state index contributed by atoms with van der Waals surface area (Å²) in [6, 6.07) is 10.5. The lowest BCUT2D eigenvalue weighted by atomic mass is 10.1. The van der Waals surface area contributed by atoms with Crippen LogP contribution in [0.3, 0.4) is 0 Å². The third-order valence-corrected chi connectivity index (χ3v) is 8.75. The molecule has 170 valence electrons. The van der Waals surface area contributed by atoms with Gasteiger partial charge in [0.25, 0.3) is 0 Å². The SMILES string of the molecule is CCOc1ccc(Cc2csc(N3CCC(S(=O)(=O)c4ccc(F)cc4F)CC3)n2)cc1. The first-order valence-corrected chi connectivity index (χ1v) is 12.9. The van der Waals surface area contributed by atoms with Crippen molar-refractivity contribution in [2.45, 2.75) is 36.3 Å². The van der Waals surface area contributed by atoms with Crippen molar-refractivity contribution in [1.82, 2.24) is 4.98 Å². The summed E-state index contributed by atoms with van der Waals surface area (Å²) in [5, 5.41) is 2.18. The molecule has 1 aromatic heterocycles. The van der Waals surface area contributed by atoms with E-state index in [1.54, 1.807) is 0 Å². The minimum atomic E-state index is -3.85. The van der Waals surface area contributed by atoms with Crippen LogP contribution in [0, 0.1) is 11.6 Å². The van der Waals surface area contributed by atoms with Crippen molar-refractivity contribution < 1.29 is 21.9 Å². The maximum Gasteiger partial charge on any atom is 0.185 e. The lowest BCUT2D eigenvalue weighted by Crippen LogP contribution is -2.39. The number of aromatic nitrogens is 1. The molecule has 0 unspecified atom stereocenters. The van der Waals surface area contributed by atoms with Gasteiger partial charge in [-0.15, -0.1) is 11.3 Å². The van der Waals surface area contributed by atoms with Crippen molar-refractivity contribution in [3.05, 3.63) is 70.7 Å². The van der Waals surface area contributed by atoms with Crippen molar-refractivity contribution in [2.75, 3.05) is 24.6 Å². The largest absolute Gasteiger partial charge is 0.494 e. The highest BCUT2D eigenvalue weighted by molar-refractivity contribution is 7.92. The molecule has 0 saturated carbocycles. The Morgan fingerprint density at radius 2 is 1.84 bits per heavy atom. The zero-order chi connectivity index (χ0) is 22.7. The second-order valence-electron chi connectivity index (χ2n) is 7.68. The molecule has 9 heteroatoms. The third-order valence-electron chi connectivity index (χ3n) is 5.51. The Labute approximate surface area is 190 Å². The van der Waals surface area contributed by atoms with Crippen LogP contribution in [0.4, 0.5) is 13.9 Å². The van der Waals surface area contributed by atoms with Gasteiger partial charge in [-0.05, 0) is 49.6 Å². The van der Waals surface area contributed by atoms with Crippen LogP contribution >= 0.6 is 11.3 Å². The van der Waals surface area contributed by atoms with Crippen LogP contribution in [0.5, 0.6) is 5.75 Å². The zero-order valence-electron chi connectivity index (χ0n) is 17.6. The highest BCUT2D eigenvalue weighted by atomic mass is 32.2. The van der Waals surface area contributed by atoms with E-state index in [0.29, 0.717) is 45.0 Å². The molecule has 2 aromatic carbocycles. The topological polar surface area (TPSA) is 59.5 Å². The predicted molar refractivity (Wildman–Crippen MR) is 121 cm³/mol. The highest BCUT2D eigenvalue weighted by Gasteiger charge is 2.34. The molecule has 1 fully saturated rings. The molecule has 1 aliphatic rings. The minimum Gasteiger partial charge on any atom is -0.494 e. The van der Waals surface area contributed by atoms with Crippen molar-refractivity contribution >= 4 is 26.3 Å². The first-order valence-electron chi connectivity index (χ1n) is 10.5. The molecule has 4 rings (SSSR count). The van der Waals surface area contributed by atoms with Gasteiger partial charge in [-0.1, -0.05) is 12.1 Å². The maximum absolute atomic E-state index is 14.0. The second-order valence-corrected chi connectivity index (χ2v) is 10.7. The van der Waals surface area contributed by atoms with Gasteiger partial charge >= 0.3 is 0 Å². The first kappa shape index (κ1) is 22.7. The van der Waals surface area contributed by atoms with Crippen LogP contribution in [0.1, 0.15) is 31.0 Å². The normalized spacial score (nSPS) is 15.2. The monoisotopic (exact) mass is 478 g/mol. The van der Waals surface area contributed by atoms with Gasteiger partial charge in [0.15, 0.2) is 15.0 Å². The molecule has 0 atom stereocenters. The van der Waals surface area contributed by atoms with Crippen molar-refractivity contribution in [3.8, 4) is 5.75 Å². The van der Waals surface area contributed by atoms with E-state index in [4.69, 9.17) is 9.72 Å². The number of nitrogens with zero attached hydrogens (tertiary/aromatic N) is 2. The van der Waals surface area contributed by atoms with E-state index in [1.165, 1.54) is 11.3 Å². The molecule has 0 aliphatic carbocycles. The summed E-state index contributed by atoms with van der Waals surface area (Å²) in [7, 11) is -3.85. The van der Waals surface area contributed by atoms with E-state index in [0.717, 1.165) is 34.3 Å². The Morgan fingerprint density at radius 3 is 2.50 bits per heavy atom. The molecule has 0 amide bonds. The summed E-state index contributed by atoms with van der Waals surface area (Å²) in [5.41, 5.74) is 2.09. The number of rotatable bonds is 7. The number of ether oxygens (including phenoxy) is 1. The van der Waals surface area contributed by atoms with E-state index < -0.39 is 31.6 Å². The summed E-state index contributed by atoms with van der Waals surface area (Å²) in [4.78, 5) is 6.36. The molecule has 0 N–H and O–H groups in total. The molecule has 0 radical (unpaired) electrons. The number of thiazole rings is 1. The summed E-state index contributed by atoms with van der Waals surface area (Å²) < 4.78 is 58.3. The van der Waals surface area contributed by atoms with Crippen LogP contribution in [-0.2, 0) is 16.3 Å². The Balaban J connectivity index is 1.38. The summed E-state index contributed by atoms with van der Waals surface area (Å²) in [5.74, 6) is -0.985. The predicted octanol–water partition coefficient (Wildman–Crippen LogP) is 4.85. The number of piperidine rings is 1. The Kier molecular flexibility index (Phi) is 6.76. The average molecular weight is 479 g/mol. The molecule has 3 aromatic rings. The number of anilines is 1. The van der Waals surface area contributed by atoms with Crippen LogP contribution in [0.2, 0.25) is 0 Å². The maximum atomic E-state index is 14.0. The van der Waals surface area contributed by atoms with Gasteiger partial charge in [0.2, 0.25) is 0 Å². The van der Waals surface area contributed by atoms with Gasteiger partial charge in [0.05, 0.1) is 17.6 Å². The van der Waals surface area contributed by atoms with Crippen LogP contribution < -0.4 is 9.64 Å². The fourth-order valence-electron chi connectivity index (χ4n) is 3.84. The van der Waals surface area contributed by atoms with Gasteiger partial charge in [0, 0.05) is 31.0 Å². The molecule has 0 spiro atoms. The lowest BCUT2D eigenvalue weighted by Gasteiger charge is -2.31. The smallest absolute Gasteiger partial charge is 0.185 e. The summed E-state index contributed by atoms with van der Waals surface area (Å²) >= 11 is 1.53. The van der Waals surface area contributed by atoms with Gasteiger partial charge in [-0.25, -0.2) is 22.2 Å². The number of sulfone groups is 1. The molecule has 5 nitrogen and oxygen atoms in total. The van der Waals surface area contributed by atoms with Crippen LogP contribution in [0.25, 0.3) is 0 Å². The highest BCUT2D eigenvalue weighted by Crippen LogP contribution is 2.30. The number of hydrogen-bond acceptors (Lipinski definition) is 6. The van der Waals surface area contributed by atoms with Gasteiger partial charge < -0.3 is 9.64 Å². The molecule has 1 saturated heterocycles. The molecule has 0 bridgehead atoms. The first-order chi connectivity index (χ1) is 15.4. The minimum absolute atomic E-state index is 0.368. The number of hydrogen-bond donors (Lipinski definition) is 0. The number of halogens is 2. The molecule has 32 heavy (non-hydrogen) atoms. The van der Waals surface area contributed by atoms with Crippen molar-refractivity contribution in [2.24, 2.45) is 0 Å². The van der Waals surface area contributed by atoms with E-state index in [9.17, 15) is 17.2 Å². The van der Waals surface area contributed by atoms with E-state index >= 15 is 0 Å². The van der Waals surface area contributed by atoms with E-state index in [2.05, 4.69) is 4.90 Å².